The largest absolute Gasteiger partial charge is 0.373 e. The van der Waals surface area contributed by atoms with Crippen LogP contribution in [-0.2, 0) is 19.4 Å². The van der Waals surface area contributed by atoms with Crippen LogP contribution in [-0.4, -0.2) is 61.8 Å². The van der Waals surface area contributed by atoms with Crippen molar-refractivity contribution in [3.8, 4) is 0 Å². The Labute approximate surface area is 145 Å². The normalized spacial score (nSPS) is 25.3. The van der Waals surface area contributed by atoms with Gasteiger partial charge in [-0.2, -0.15) is 0 Å². The molecule has 0 radical (unpaired) electrons. The van der Waals surface area contributed by atoms with Gasteiger partial charge < -0.3 is 9.64 Å². The van der Waals surface area contributed by atoms with Crippen LogP contribution in [0.1, 0.15) is 23.2 Å². The summed E-state index contributed by atoms with van der Waals surface area (Å²) in [6.45, 7) is 0.686. The number of nitrogens with zero attached hydrogens (tertiary/aromatic N) is 1. The molecular formula is C16H18ClNO5S. The Morgan fingerprint density at radius 2 is 2.04 bits per heavy atom. The van der Waals surface area contributed by atoms with Gasteiger partial charge in [0.1, 0.15) is 0 Å². The van der Waals surface area contributed by atoms with E-state index in [-0.39, 0.29) is 36.0 Å². The van der Waals surface area contributed by atoms with Crippen molar-refractivity contribution < 1.29 is 22.7 Å². The van der Waals surface area contributed by atoms with E-state index in [1.165, 1.54) is 0 Å². The van der Waals surface area contributed by atoms with E-state index in [1.807, 2.05) is 0 Å². The van der Waals surface area contributed by atoms with Gasteiger partial charge in [-0.1, -0.05) is 23.7 Å². The van der Waals surface area contributed by atoms with Crippen molar-refractivity contribution in [1.82, 2.24) is 4.90 Å². The maximum absolute atomic E-state index is 12.5. The second-order valence-electron chi connectivity index (χ2n) is 6.07. The minimum Gasteiger partial charge on any atom is -0.373 e. The highest BCUT2D eigenvalue weighted by atomic mass is 35.5. The van der Waals surface area contributed by atoms with Crippen LogP contribution in [0.5, 0.6) is 0 Å². The predicted molar refractivity (Wildman–Crippen MR) is 88.9 cm³/mol. The van der Waals surface area contributed by atoms with Gasteiger partial charge in [0, 0.05) is 30.0 Å². The van der Waals surface area contributed by atoms with Crippen LogP contribution in [0.4, 0.5) is 0 Å². The predicted octanol–water partition coefficient (Wildman–Crippen LogP) is 1.33. The van der Waals surface area contributed by atoms with Crippen molar-refractivity contribution in [2.45, 2.75) is 25.0 Å². The van der Waals surface area contributed by atoms with E-state index < -0.39 is 22.0 Å². The fourth-order valence-electron chi connectivity index (χ4n) is 3.19. The van der Waals surface area contributed by atoms with Gasteiger partial charge in [-0.05, 0) is 12.1 Å². The summed E-state index contributed by atoms with van der Waals surface area (Å²) in [5.41, 5.74) is 0.471. The van der Waals surface area contributed by atoms with Gasteiger partial charge in [0.25, 0.3) is 0 Å². The lowest BCUT2D eigenvalue weighted by atomic mass is 10.0. The van der Waals surface area contributed by atoms with E-state index in [1.54, 1.807) is 29.2 Å². The third-order valence-electron chi connectivity index (χ3n) is 4.37. The quantitative estimate of drug-likeness (QED) is 0.746. The second-order valence-corrected chi connectivity index (χ2v) is 8.66. The minimum atomic E-state index is -3.17. The zero-order valence-electron chi connectivity index (χ0n) is 13.0. The van der Waals surface area contributed by atoms with Gasteiger partial charge in [-0.15, -0.1) is 0 Å². The lowest BCUT2D eigenvalue weighted by molar-refractivity contribution is -0.142. The Balaban J connectivity index is 1.61. The Morgan fingerprint density at radius 1 is 1.25 bits per heavy atom. The number of carbonyl (C=O) groups excluding carboxylic acids is 2. The van der Waals surface area contributed by atoms with Crippen molar-refractivity contribution >= 4 is 33.1 Å². The number of fused-ring (bicyclic) bond motifs is 1. The number of morpholine rings is 1. The molecule has 2 fully saturated rings. The lowest BCUT2D eigenvalue weighted by Crippen LogP contribution is -2.53. The Bertz CT molecular complexity index is 763. The minimum absolute atomic E-state index is 0.0388. The van der Waals surface area contributed by atoms with E-state index in [2.05, 4.69) is 0 Å². The molecule has 3 rings (SSSR count). The molecule has 0 saturated carbocycles. The molecule has 2 aliphatic rings. The topological polar surface area (TPSA) is 80.8 Å². The molecule has 1 aromatic carbocycles. The summed E-state index contributed by atoms with van der Waals surface area (Å²) < 4.78 is 29.0. The van der Waals surface area contributed by atoms with Gasteiger partial charge in [0.2, 0.25) is 5.91 Å². The monoisotopic (exact) mass is 371 g/mol. The average Bonchev–Trinajstić information content (AvgIpc) is 2.85. The fraction of sp³-hybridized carbons (Fsp3) is 0.500. The molecule has 8 heteroatoms. The molecule has 2 unspecified atom stereocenters. The molecule has 24 heavy (non-hydrogen) atoms. The molecule has 0 aliphatic carbocycles. The smallest absolute Gasteiger partial charge is 0.223 e. The van der Waals surface area contributed by atoms with E-state index in [9.17, 15) is 18.0 Å². The number of Topliss-reactive ketones (excluding diaryl/α,β-unsaturated/α-hetero) is 1. The summed E-state index contributed by atoms with van der Waals surface area (Å²) in [5, 5.41) is 0.472. The summed E-state index contributed by atoms with van der Waals surface area (Å²) in [4.78, 5) is 26.2. The molecule has 0 spiro atoms. The molecule has 2 heterocycles. The Kier molecular flexibility index (Phi) is 4.94. The van der Waals surface area contributed by atoms with Gasteiger partial charge in [0.05, 0.1) is 30.3 Å². The van der Waals surface area contributed by atoms with Crippen molar-refractivity contribution in [3.63, 3.8) is 0 Å². The third kappa shape index (κ3) is 3.79. The van der Waals surface area contributed by atoms with Crippen LogP contribution in [0, 0.1) is 0 Å². The van der Waals surface area contributed by atoms with Gasteiger partial charge in [-0.25, -0.2) is 8.42 Å². The highest BCUT2D eigenvalue weighted by Gasteiger charge is 2.45. The first-order chi connectivity index (χ1) is 11.4. The van der Waals surface area contributed by atoms with Crippen LogP contribution < -0.4 is 0 Å². The molecule has 130 valence electrons. The molecular weight excluding hydrogens is 354 g/mol. The number of sulfone groups is 1. The van der Waals surface area contributed by atoms with E-state index in [0.29, 0.717) is 23.7 Å². The Hall–Kier alpha value is -1.44. The summed E-state index contributed by atoms with van der Waals surface area (Å²) in [6, 6.07) is 6.17. The fourth-order valence-corrected chi connectivity index (χ4v) is 5.26. The van der Waals surface area contributed by atoms with E-state index in [0.717, 1.165) is 0 Å². The molecule has 0 bridgehead atoms. The number of amides is 1. The molecule has 6 nitrogen and oxygen atoms in total. The van der Waals surface area contributed by atoms with Crippen LogP contribution >= 0.6 is 11.6 Å². The first-order valence-corrected chi connectivity index (χ1v) is 9.96. The lowest BCUT2D eigenvalue weighted by Gasteiger charge is -2.36. The van der Waals surface area contributed by atoms with E-state index in [4.69, 9.17) is 16.3 Å². The van der Waals surface area contributed by atoms with Gasteiger partial charge in [0.15, 0.2) is 15.6 Å². The summed E-state index contributed by atoms with van der Waals surface area (Å²) in [7, 11) is -3.17. The first-order valence-electron chi connectivity index (χ1n) is 7.76. The molecule has 0 aromatic heterocycles. The van der Waals surface area contributed by atoms with Crippen LogP contribution in [0.3, 0.4) is 0 Å². The van der Waals surface area contributed by atoms with Crippen LogP contribution in [0.15, 0.2) is 24.3 Å². The van der Waals surface area contributed by atoms with Crippen molar-refractivity contribution in [3.05, 3.63) is 34.9 Å². The van der Waals surface area contributed by atoms with Gasteiger partial charge >= 0.3 is 0 Å². The molecule has 0 N–H and O–H groups in total. The molecule has 2 atom stereocenters. The zero-order chi connectivity index (χ0) is 17.3. The average molecular weight is 372 g/mol. The SMILES string of the molecule is O=C(CCC(=O)N1CCOC2CS(=O)(=O)CC21)c1cccc(Cl)c1. The highest BCUT2D eigenvalue weighted by Crippen LogP contribution is 2.25. The number of carbonyl (C=O) groups is 2. The highest BCUT2D eigenvalue weighted by molar-refractivity contribution is 7.91. The van der Waals surface area contributed by atoms with Crippen molar-refractivity contribution in [2.75, 3.05) is 24.7 Å². The maximum Gasteiger partial charge on any atom is 0.223 e. The van der Waals surface area contributed by atoms with Crippen molar-refractivity contribution in [1.29, 1.82) is 0 Å². The molecule has 1 amide bonds. The maximum atomic E-state index is 12.5. The standard InChI is InChI=1S/C16H18ClNO5S/c17-12-3-1-2-11(8-12)14(19)4-5-16(20)18-6-7-23-15-10-24(21,22)9-13(15)18/h1-3,8,13,15H,4-7,9-10H2. The zero-order valence-corrected chi connectivity index (χ0v) is 14.6. The molecule has 2 saturated heterocycles. The summed E-state index contributed by atoms with van der Waals surface area (Å²) >= 11 is 5.86. The Morgan fingerprint density at radius 3 is 2.79 bits per heavy atom. The number of ether oxygens (including phenoxy) is 1. The summed E-state index contributed by atoms with van der Waals surface area (Å²) in [5.74, 6) is -0.468. The van der Waals surface area contributed by atoms with Crippen LogP contribution in [0.2, 0.25) is 5.02 Å². The number of halogens is 1. The van der Waals surface area contributed by atoms with Crippen LogP contribution in [0.25, 0.3) is 0 Å². The number of hydrogen-bond donors (Lipinski definition) is 0. The van der Waals surface area contributed by atoms with E-state index >= 15 is 0 Å². The van der Waals surface area contributed by atoms with Crippen molar-refractivity contribution in [2.24, 2.45) is 0 Å². The number of hydrogen-bond acceptors (Lipinski definition) is 5. The first kappa shape index (κ1) is 17.4. The van der Waals surface area contributed by atoms with Gasteiger partial charge in [-0.3, -0.25) is 9.59 Å². The number of ketones is 1. The number of benzene rings is 1. The molecule has 2 aliphatic heterocycles. The molecule has 1 aromatic rings. The third-order valence-corrected chi connectivity index (χ3v) is 6.29. The second kappa shape index (κ2) is 6.82. The number of rotatable bonds is 4. The summed E-state index contributed by atoms with van der Waals surface area (Å²) in [6.07, 6.45) is -0.328.